The van der Waals surface area contributed by atoms with Crippen LogP contribution in [-0.2, 0) is 9.84 Å². The first-order valence-electron chi connectivity index (χ1n) is 8.69. The highest BCUT2D eigenvalue weighted by atomic mass is 32.2. The van der Waals surface area contributed by atoms with Gasteiger partial charge in [-0.15, -0.1) is 0 Å². The first kappa shape index (κ1) is 18.0. The summed E-state index contributed by atoms with van der Waals surface area (Å²) in [4.78, 5) is 0.380. The van der Waals surface area contributed by atoms with E-state index in [1.54, 1.807) is 60.7 Å². The molecule has 0 aromatic heterocycles. The normalized spacial score (nSPS) is 11.3. The fourth-order valence-corrected chi connectivity index (χ4v) is 4.83. The number of hydrogen-bond acceptors (Lipinski definition) is 3. The average Bonchev–Trinajstić information content (AvgIpc) is 2.74. The standard InChI is InChI=1S/C24H16O3S/c25-20-12-8-11-19(17-20)22-14-5-7-16-24(22)28(26,27)23-15-6-4-13-21(23)18-9-2-1-3-10-18/h1-9,11-16,25H. The SMILES string of the molecule is O=S(=O)(c1ccccc1-c1[c]cccc1)c1ccccc1-c1[c]c(O)ccc1. The second-order valence-electron chi connectivity index (χ2n) is 6.22. The van der Waals surface area contributed by atoms with Crippen LogP contribution in [0.15, 0.2) is 101 Å². The topological polar surface area (TPSA) is 54.4 Å². The van der Waals surface area contributed by atoms with Gasteiger partial charge in [0.05, 0.1) is 9.79 Å². The van der Waals surface area contributed by atoms with E-state index in [4.69, 9.17) is 0 Å². The molecule has 0 heterocycles. The highest BCUT2D eigenvalue weighted by Gasteiger charge is 2.25. The summed E-state index contributed by atoms with van der Waals surface area (Å²) in [5.74, 6) is -0.0380. The fraction of sp³-hybridized carbons (Fsp3) is 0. The lowest BCUT2D eigenvalue weighted by atomic mass is 10.1. The Bertz CT molecular complexity index is 1230. The van der Waals surface area contributed by atoms with E-state index >= 15 is 0 Å². The molecule has 0 unspecified atom stereocenters. The van der Waals surface area contributed by atoms with E-state index in [9.17, 15) is 13.5 Å². The molecule has 0 aliphatic carbocycles. The predicted octanol–water partition coefficient (Wildman–Crippen LogP) is 5.16. The summed E-state index contributed by atoms with van der Waals surface area (Å²) in [6.07, 6.45) is 0. The number of benzene rings is 4. The third-order valence-electron chi connectivity index (χ3n) is 4.42. The van der Waals surface area contributed by atoms with Gasteiger partial charge in [0.2, 0.25) is 9.84 Å². The lowest BCUT2D eigenvalue weighted by Gasteiger charge is -2.14. The third kappa shape index (κ3) is 3.30. The van der Waals surface area contributed by atoms with E-state index in [1.807, 2.05) is 24.3 Å². The summed E-state index contributed by atoms with van der Waals surface area (Å²) < 4.78 is 27.2. The Morgan fingerprint density at radius 1 is 0.643 bits per heavy atom. The van der Waals surface area contributed by atoms with Gasteiger partial charge in [-0.25, -0.2) is 8.42 Å². The molecule has 28 heavy (non-hydrogen) atoms. The van der Waals surface area contributed by atoms with Crippen LogP contribution in [0, 0.1) is 12.1 Å². The van der Waals surface area contributed by atoms with Gasteiger partial charge in [-0.3, -0.25) is 0 Å². The zero-order chi connectivity index (χ0) is 19.6. The van der Waals surface area contributed by atoms with Crippen LogP contribution in [0.3, 0.4) is 0 Å². The first-order chi connectivity index (χ1) is 13.6. The number of phenols is 1. The van der Waals surface area contributed by atoms with E-state index in [2.05, 4.69) is 12.1 Å². The molecule has 0 bridgehead atoms. The van der Waals surface area contributed by atoms with Crippen molar-refractivity contribution in [2.45, 2.75) is 9.79 Å². The van der Waals surface area contributed by atoms with Gasteiger partial charge < -0.3 is 5.11 Å². The van der Waals surface area contributed by atoms with Crippen LogP contribution in [-0.4, -0.2) is 13.5 Å². The summed E-state index contributed by atoms with van der Waals surface area (Å²) in [5, 5.41) is 9.77. The maximum Gasteiger partial charge on any atom is 0.207 e. The van der Waals surface area contributed by atoms with Gasteiger partial charge in [0.25, 0.3) is 0 Å². The molecular weight excluding hydrogens is 368 g/mol. The van der Waals surface area contributed by atoms with Gasteiger partial charge >= 0.3 is 0 Å². The number of rotatable bonds is 4. The molecule has 0 spiro atoms. The lowest BCUT2D eigenvalue weighted by molar-refractivity contribution is 0.474. The minimum atomic E-state index is -3.83. The Morgan fingerprint density at radius 2 is 1.21 bits per heavy atom. The van der Waals surface area contributed by atoms with Gasteiger partial charge in [-0.1, -0.05) is 72.8 Å². The van der Waals surface area contributed by atoms with E-state index in [0.29, 0.717) is 22.3 Å². The highest BCUT2D eigenvalue weighted by molar-refractivity contribution is 7.91. The molecule has 0 fully saturated rings. The van der Waals surface area contributed by atoms with Gasteiger partial charge in [-0.2, -0.15) is 0 Å². The summed E-state index contributed by atoms with van der Waals surface area (Å²) in [6.45, 7) is 0. The molecule has 4 heteroatoms. The van der Waals surface area contributed by atoms with E-state index in [0.717, 1.165) is 0 Å². The molecule has 136 valence electrons. The molecule has 4 aromatic carbocycles. The van der Waals surface area contributed by atoms with Crippen molar-refractivity contribution >= 4 is 9.84 Å². The van der Waals surface area contributed by atoms with Gasteiger partial charge in [0.15, 0.2) is 0 Å². The average molecular weight is 384 g/mol. The van der Waals surface area contributed by atoms with Crippen LogP contribution in [0.1, 0.15) is 0 Å². The smallest absolute Gasteiger partial charge is 0.207 e. The number of aromatic hydroxyl groups is 1. The quantitative estimate of drug-likeness (QED) is 0.529. The molecule has 4 rings (SSSR count). The molecule has 0 atom stereocenters. The molecule has 0 aliphatic rings. The van der Waals surface area contributed by atoms with Crippen molar-refractivity contribution < 1.29 is 13.5 Å². The second-order valence-corrected chi connectivity index (χ2v) is 8.11. The van der Waals surface area contributed by atoms with Crippen molar-refractivity contribution in [2.24, 2.45) is 0 Å². The van der Waals surface area contributed by atoms with Gasteiger partial charge in [0, 0.05) is 17.2 Å². The van der Waals surface area contributed by atoms with E-state index in [-0.39, 0.29) is 15.5 Å². The summed E-state index contributed by atoms with van der Waals surface area (Å²) >= 11 is 0. The minimum absolute atomic E-state index is 0.0380. The first-order valence-corrected chi connectivity index (χ1v) is 10.2. The van der Waals surface area contributed by atoms with Crippen molar-refractivity contribution in [3.63, 3.8) is 0 Å². The number of sulfone groups is 1. The molecule has 1 N–H and O–H groups in total. The zero-order valence-electron chi connectivity index (χ0n) is 14.8. The molecule has 4 aromatic rings. The zero-order valence-corrected chi connectivity index (χ0v) is 15.6. The monoisotopic (exact) mass is 384 g/mol. The molecule has 2 radical (unpaired) electrons. The van der Waals surface area contributed by atoms with Crippen LogP contribution in [0.25, 0.3) is 22.3 Å². The van der Waals surface area contributed by atoms with Crippen molar-refractivity contribution in [2.75, 3.05) is 0 Å². The molecular formula is C24H16O3S. The number of phenolic OH excluding ortho intramolecular Hbond substituents is 1. The van der Waals surface area contributed by atoms with E-state index < -0.39 is 9.84 Å². The Kier molecular flexibility index (Phi) is 4.72. The van der Waals surface area contributed by atoms with Crippen LogP contribution in [0.2, 0.25) is 0 Å². The van der Waals surface area contributed by atoms with Crippen molar-refractivity contribution in [1.82, 2.24) is 0 Å². The lowest BCUT2D eigenvalue weighted by Crippen LogP contribution is -2.06. The minimum Gasteiger partial charge on any atom is -0.507 e. The van der Waals surface area contributed by atoms with Crippen LogP contribution < -0.4 is 0 Å². The molecule has 0 saturated heterocycles. The highest BCUT2D eigenvalue weighted by Crippen LogP contribution is 2.36. The summed E-state index contributed by atoms with van der Waals surface area (Å²) in [7, 11) is -3.83. The molecule has 0 aliphatic heterocycles. The number of hydrogen-bond donors (Lipinski definition) is 1. The van der Waals surface area contributed by atoms with Crippen LogP contribution in [0.4, 0.5) is 0 Å². The Hall–Kier alpha value is -3.37. The Balaban J connectivity index is 1.93. The Labute approximate surface area is 164 Å². The van der Waals surface area contributed by atoms with Gasteiger partial charge in [-0.05, 0) is 35.4 Å². The molecule has 0 amide bonds. The second kappa shape index (κ2) is 7.33. The van der Waals surface area contributed by atoms with Crippen molar-refractivity contribution in [3.05, 3.63) is 103 Å². The molecule has 3 nitrogen and oxygen atoms in total. The van der Waals surface area contributed by atoms with Gasteiger partial charge in [0.1, 0.15) is 5.75 Å². The van der Waals surface area contributed by atoms with E-state index in [1.165, 1.54) is 6.07 Å². The fourth-order valence-electron chi connectivity index (χ4n) is 3.14. The van der Waals surface area contributed by atoms with Crippen LogP contribution >= 0.6 is 0 Å². The third-order valence-corrected chi connectivity index (χ3v) is 6.29. The summed E-state index contributed by atoms with van der Waals surface area (Å²) in [5.41, 5.74) is 2.31. The Morgan fingerprint density at radius 3 is 1.82 bits per heavy atom. The largest absolute Gasteiger partial charge is 0.507 e. The van der Waals surface area contributed by atoms with Crippen molar-refractivity contribution in [3.8, 4) is 28.0 Å². The molecule has 0 saturated carbocycles. The maximum absolute atomic E-state index is 13.6. The van der Waals surface area contributed by atoms with Crippen LogP contribution in [0.5, 0.6) is 5.75 Å². The predicted molar refractivity (Wildman–Crippen MR) is 109 cm³/mol. The maximum atomic E-state index is 13.6. The summed E-state index contributed by atoms with van der Waals surface area (Å²) in [6, 6.07) is 31.8. The van der Waals surface area contributed by atoms with Crippen molar-refractivity contribution in [1.29, 1.82) is 0 Å².